The Bertz CT molecular complexity index is 960. The third-order valence-electron chi connectivity index (χ3n) is 5.19. The molecule has 154 valence electrons. The Kier molecular flexibility index (Phi) is 7.18. The molecule has 4 heteroatoms. The minimum atomic E-state index is -0.916. The maximum Gasteiger partial charge on any atom is 0.374 e. The van der Waals surface area contributed by atoms with Gasteiger partial charge in [0.15, 0.2) is 0 Å². The van der Waals surface area contributed by atoms with Gasteiger partial charge in [-0.15, -0.1) is 0 Å². The molecule has 0 N–H and O–H groups in total. The predicted molar refractivity (Wildman–Crippen MR) is 124 cm³/mol. The molecule has 0 unspecified atom stereocenters. The van der Waals surface area contributed by atoms with Crippen molar-refractivity contribution in [2.45, 2.75) is 32.9 Å². The van der Waals surface area contributed by atoms with Crippen molar-refractivity contribution in [1.82, 2.24) is 0 Å². The van der Waals surface area contributed by atoms with E-state index in [1.165, 1.54) is 28.8 Å². The zero-order chi connectivity index (χ0) is 21.7. The van der Waals surface area contributed by atoms with Crippen LogP contribution in [0.1, 0.15) is 34.3 Å². The first-order valence-electron chi connectivity index (χ1n) is 9.99. The van der Waals surface area contributed by atoms with Crippen molar-refractivity contribution in [2.24, 2.45) is 0 Å². The first kappa shape index (κ1) is 21.9. The van der Waals surface area contributed by atoms with Gasteiger partial charge in [-0.1, -0.05) is 89.5 Å². The zero-order valence-corrected chi connectivity index (χ0v) is 18.8. The van der Waals surface area contributed by atoms with Crippen molar-refractivity contribution in [2.75, 3.05) is 7.11 Å². The first-order valence-corrected chi connectivity index (χ1v) is 11.4. The SMILES string of the molecule is COC(=O)C(=O)C[C@@H](c1ccc(C)cc1)P(c1ccc(C)cc1)c1ccc(C)cc1. The van der Waals surface area contributed by atoms with Crippen molar-refractivity contribution < 1.29 is 14.3 Å². The molecule has 0 aliphatic carbocycles. The fourth-order valence-corrected chi connectivity index (χ4v) is 6.22. The van der Waals surface area contributed by atoms with Gasteiger partial charge in [0.1, 0.15) is 0 Å². The van der Waals surface area contributed by atoms with Gasteiger partial charge in [-0.25, -0.2) is 4.79 Å². The number of benzene rings is 3. The highest BCUT2D eigenvalue weighted by Crippen LogP contribution is 2.51. The smallest absolute Gasteiger partial charge is 0.374 e. The molecule has 0 amide bonds. The third-order valence-corrected chi connectivity index (χ3v) is 8.00. The summed E-state index contributed by atoms with van der Waals surface area (Å²) in [6.07, 6.45) is 0.114. The van der Waals surface area contributed by atoms with Gasteiger partial charge in [0.2, 0.25) is 5.78 Å². The lowest BCUT2D eigenvalue weighted by Crippen LogP contribution is -2.23. The van der Waals surface area contributed by atoms with E-state index in [1.807, 2.05) is 6.92 Å². The number of ketones is 1. The van der Waals surface area contributed by atoms with E-state index in [0.717, 1.165) is 11.1 Å². The fraction of sp³-hybridized carbons (Fsp3) is 0.231. The van der Waals surface area contributed by atoms with Crippen LogP contribution in [0.15, 0.2) is 72.8 Å². The predicted octanol–water partition coefficient (Wildman–Crippen LogP) is 4.92. The molecule has 0 saturated carbocycles. The molecule has 0 bridgehead atoms. The number of ether oxygens (including phenoxy) is 1. The average molecular weight is 418 g/mol. The van der Waals surface area contributed by atoms with Crippen LogP contribution in [0.25, 0.3) is 0 Å². The lowest BCUT2D eigenvalue weighted by Gasteiger charge is -2.29. The molecule has 0 aromatic heterocycles. The number of hydrogen-bond donors (Lipinski definition) is 0. The van der Waals surface area contributed by atoms with Gasteiger partial charge in [-0.3, -0.25) is 4.79 Å². The van der Waals surface area contributed by atoms with Gasteiger partial charge >= 0.3 is 5.97 Å². The molecular weight excluding hydrogens is 391 g/mol. The molecule has 0 radical (unpaired) electrons. The third kappa shape index (κ3) is 5.23. The van der Waals surface area contributed by atoms with Crippen LogP contribution >= 0.6 is 7.92 Å². The van der Waals surface area contributed by atoms with Gasteiger partial charge < -0.3 is 4.74 Å². The summed E-state index contributed by atoms with van der Waals surface area (Å²) in [4.78, 5) is 24.6. The molecule has 0 aliphatic rings. The van der Waals surface area contributed by atoms with E-state index in [4.69, 9.17) is 4.74 Å². The van der Waals surface area contributed by atoms with Crippen LogP contribution in [0.3, 0.4) is 0 Å². The molecule has 3 nitrogen and oxygen atoms in total. The van der Waals surface area contributed by atoms with Gasteiger partial charge in [0, 0.05) is 12.1 Å². The van der Waals surface area contributed by atoms with Crippen LogP contribution in [-0.2, 0) is 14.3 Å². The molecule has 30 heavy (non-hydrogen) atoms. The summed E-state index contributed by atoms with van der Waals surface area (Å²) in [6.45, 7) is 6.17. The van der Waals surface area contributed by atoms with E-state index in [9.17, 15) is 9.59 Å². The molecule has 0 aliphatic heterocycles. The van der Waals surface area contributed by atoms with Crippen molar-refractivity contribution in [3.05, 3.63) is 95.1 Å². The van der Waals surface area contributed by atoms with Crippen molar-refractivity contribution in [3.63, 3.8) is 0 Å². The quantitative estimate of drug-likeness (QED) is 0.311. The summed E-state index contributed by atoms with van der Waals surface area (Å²) >= 11 is 0. The van der Waals surface area contributed by atoms with E-state index in [1.54, 1.807) is 0 Å². The monoisotopic (exact) mass is 418 g/mol. The Balaban J connectivity index is 2.14. The van der Waals surface area contributed by atoms with Gasteiger partial charge in [0.25, 0.3) is 0 Å². The molecule has 0 saturated heterocycles. The number of rotatable bonds is 7. The summed E-state index contributed by atoms with van der Waals surface area (Å²) in [5.74, 6) is -1.27. The summed E-state index contributed by atoms with van der Waals surface area (Å²) in [5.41, 5.74) is 4.47. The maximum absolute atomic E-state index is 12.6. The lowest BCUT2D eigenvalue weighted by molar-refractivity contribution is -0.151. The average Bonchev–Trinajstić information content (AvgIpc) is 2.75. The van der Waals surface area contributed by atoms with Crippen molar-refractivity contribution >= 4 is 30.3 Å². The second kappa shape index (κ2) is 9.82. The number of carbonyl (C=O) groups is 2. The normalized spacial score (nSPS) is 11.9. The number of carbonyl (C=O) groups excluding carboxylic acids is 2. The van der Waals surface area contributed by atoms with Crippen LogP contribution in [0, 0.1) is 20.8 Å². The van der Waals surface area contributed by atoms with Crippen LogP contribution in [-0.4, -0.2) is 18.9 Å². The maximum atomic E-state index is 12.6. The Morgan fingerprint density at radius 1 is 0.733 bits per heavy atom. The van der Waals surface area contributed by atoms with Gasteiger partial charge in [-0.2, -0.15) is 0 Å². The van der Waals surface area contributed by atoms with Crippen molar-refractivity contribution in [1.29, 1.82) is 0 Å². The zero-order valence-electron chi connectivity index (χ0n) is 17.9. The Labute approximate surface area is 179 Å². The summed E-state index contributed by atoms with van der Waals surface area (Å²) in [5, 5.41) is 2.37. The highest BCUT2D eigenvalue weighted by atomic mass is 31.1. The van der Waals surface area contributed by atoms with Crippen LogP contribution in [0.5, 0.6) is 0 Å². The lowest BCUT2D eigenvalue weighted by atomic mass is 10.1. The molecule has 3 rings (SSSR count). The summed E-state index contributed by atoms with van der Waals surface area (Å²) in [7, 11) is 0.338. The van der Waals surface area contributed by atoms with E-state index in [-0.39, 0.29) is 12.1 Å². The van der Waals surface area contributed by atoms with E-state index < -0.39 is 19.7 Å². The number of aryl methyl sites for hydroxylation is 3. The van der Waals surface area contributed by atoms with Crippen molar-refractivity contribution in [3.8, 4) is 0 Å². The largest absolute Gasteiger partial charge is 0.463 e. The van der Waals surface area contributed by atoms with Gasteiger partial charge in [-0.05, 0) is 44.9 Å². The number of hydrogen-bond acceptors (Lipinski definition) is 3. The number of Topliss-reactive ketones (excluding diaryl/α,β-unsaturated/α-hetero) is 1. The second-order valence-electron chi connectivity index (χ2n) is 7.59. The second-order valence-corrected chi connectivity index (χ2v) is 9.98. The van der Waals surface area contributed by atoms with Crippen LogP contribution in [0.2, 0.25) is 0 Å². The minimum Gasteiger partial charge on any atom is -0.463 e. The molecule has 3 aromatic carbocycles. The Morgan fingerprint density at radius 3 is 1.53 bits per heavy atom. The molecule has 0 fully saturated rings. The van der Waals surface area contributed by atoms with Crippen LogP contribution < -0.4 is 10.6 Å². The van der Waals surface area contributed by atoms with E-state index in [0.29, 0.717) is 0 Å². The summed E-state index contributed by atoms with van der Waals surface area (Å²) in [6, 6.07) is 25.3. The van der Waals surface area contributed by atoms with E-state index in [2.05, 4.69) is 86.6 Å². The first-order chi connectivity index (χ1) is 14.4. The Morgan fingerprint density at radius 2 is 1.13 bits per heavy atom. The molecular formula is C26H27O3P. The minimum absolute atomic E-state index is 0.114. The highest BCUT2D eigenvalue weighted by molar-refractivity contribution is 7.73. The molecule has 3 aromatic rings. The molecule has 0 heterocycles. The van der Waals surface area contributed by atoms with Crippen LogP contribution in [0.4, 0.5) is 0 Å². The summed E-state index contributed by atoms with van der Waals surface area (Å²) < 4.78 is 4.71. The number of esters is 1. The topological polar surface area (TPSA) is 43.4 Å². The van der Waals surface area contributed by atoms with Gasteiger partial charge in [0.05, 0.1) is 7.11 Å². The standard InChI is InChI=1S/C26H27O3P/c1-18-5-11-21(12-6-18)25(17-24(27)26(28)29-4)30(22-13-7-19(2)8-14-22)23-15-9-20(3)10-16-23/h5-16,25H,17H2,1-4H3/t25-/m0/s1. The van der Waals surface area contributed by atoms with E-state index >= 15 is 0 Å². The number of methoxy groups -OCH3 is 1. The molecule has 0 spiro atoms. The molecule has 1 atom stereocenters. The highest BCUT2D eigenvalue weighted by Gasteiger charge is 2.30. The fourth-order valence-electron chi connectivity index (χ4n) is 3.44. The Hall–Kier alpha value is -2.77.